The van der Waals surface area contributed by atoms with Crippen LogP contribution < -0.4 is 0 Å². The number of aryl methyl sites for hydroxylation is 1. The molecule has 4 nitrogen and oxygen atoms in total. The Morgan fingerprint density at radius 1 is 1.46 bits per heavy atom. The molecule has 24 heavy (non-hydrogen) atoms. The maximum Gasteiger partial charge on any atom is 0.227 e. The summed E-state index contributed by atoms with van der Waals surface area (Å²) in [5.41, 5.74) is 0.279. The second-order valence-electron chi connectivity index (χ2n) is 6.13. The molecule has 0 radical (unpaired) electrons. The van der Waals surface area contributed by atoms with E-state index in [1.807, 2.05) is 11.1 Å². The Kier molecular flexibility index (Phi) is 5.19. The van der Waals surface area contributed by atoms with Crippen LogP contribution in [-0.2, 0) is 17.8 Å². The van der Waals surface area contributed by atoms with E-state index in [-0.39, 0.29) is 23.8 Å². The molecular formula is C18H21ClFN3O. The lowest BCUT2D eigenvalue weighted by atomic mass is 9.96. The summed E-state index contributed by atoms with van der Waals surface area (Å²) >= 11 is 6.04. The van der Waals surface area contributed by atoms with Gasteiger partial charge in [0, 0.05) is 48.5 Å². The summed E-state index contributed by atoms with van der Waals surface area (Å²) in [6.45, 7) is 4.28. The summed E-state index contributed by atoms with van der Waals surface area (Å²) in [4.78, 5) is 18.9. The van der Waals surface area contributed by atoms with Crippen molar-refractivity contribution in [1.82, 2.24) is 14.5 Å². The van der Waals surface area contributed by atoms with E-state index in [1.165, 1.54) is 6.07 Å². The van der Waals surface area contributed by atoms with Gasteiger partial charge in [-0.05, 0) is 31.9 Å². The molecule has 1 fully saturated rings. The minimum atomic E-state index is -0.425. The van der Waals surface area contributed by atoms with E-state index in [9.17, 15) is 9.18 Å². The van der Waals surface area contributed by atoms with Crippen molar-refractivity contribution in [1.29, 1.82) is 0 Å². The molecule has 0 saturated carbocycles. The van der Waals surface area contributed by atoms with Crippen LogP contribution in [-0.4, -0.2) is 33.4 Å². The quantitative estimate of drug-likeness (QED) is 0.845. The van der Waals surface area contributed by atoms with E-state index in [4.69, 9.17) is 11.6 Å². The number of rotatable bonds is 4. The molecule has 2 heterocycles. The van der Waals surface area contributed by atoms with Crippen molar-refractivity contribution in [3.05, 3.63) is 52.8 Å². The van der Waals surface area contributed by atoms with Crippen molar-refractivity contribution in [2.75, 3.05) is 13.1 Å². The predicted molar refractivity (Wildman–Crippen MR) is 91.6 cm³/mol. The topological polar surface area (TPSA) is 38.1 Å². The number of imidazole rings is 1. The number of carbonyl (C=O) groups is 1. The van der Waals surface area contributed by atoms with Crippen LogP contribution in [0.25, 0.3) is 0 Å². The summed E-state index contributed by atoms with van der Waals surface area (Å²) in [6, 6.07) is 4.50. The first-order valence-corrected chi connectivity index (χ1v) is 8.69. The van der Waals surface area contributed by atoms with Crippen LogP contribution in [0.3, 0.4) is 0 Å². The summed E-state index contributed by atoms with van der Waals surface area (Å²) in [7, 11) is 0. The largest absolute Gasteiger partial charge is 0.342 e. The van der Waals surface area contributed by atoms with Gasteiger partial charge in [0.25, 0.3) is 0 Å². The minimum absolute atomic E-state index is 0.000441. The minimum Gasteiger partial charge on any atom is -0.342 e. The highest BCUT2D eigenvalue weighted by Gasteiger charge is 2.28. The van der Waals surface area contributed by atoms with Gasteiger partial charge in [-0.3, -0.25) is 4.79 Å². The number of nitrogens with zero attached hydrogens (tertiary/aromatic N) is 3. The van der Waals surface area contributed by atoms with Crippen LogP contribution in [0.1, 0.15) is 37.1 Å². The van der Waals surface area contributed by atoms with Gasteiger partial charge in [-0.25, -0.2) is 9.37 Å². The van der Waals surface area contributed by atoms with Gasteiger partial charge < -0.3 is 9.47 Å². The Bertz CT molecular complexity index is 711. The van der Waals surface area contributed by atoms with Crippen molar-refractivity contribution < 1.29 is 9.18 Å². The lowest BCUT2D eigenvalue weighted by molar-refractivity contribution is -0.131. The van der Waals surface area contributed by atoms with E-state index in [0.717, 1.165) is 25.2 Å². The van der Waals surface area contributed by atoms with Gasteiger partial charge in [0.2, 0.25) is 5.91 Å². The third-order valence-electron chi connectivity index (χ3n) is 4.62. The molecule has 128 valence electrons. The van der Waals surface area contributed by atoms with E-state index < -0.39 is 5.82 Å². The zero-order valence-corrected chi connectivity index (χ0v) is 14.5. The van der Waals surface area contributed by atoms with E-state index in [1.54, 1.807) is 18.3 Å². The number of hydrogen-bond acceptors (Lipinski definition) is 2. The van der Waals surface area contributed by atoms with Crippen LogP contribution in [0.5, 0.6) is 0 Å². The molecule has 0 bridgehead atoms. The molecule has 6 heteroatoms. The highest BCUT2D eigenvalue weighted by atomic mass is 35.5. The number of aromatic nitrogens is 2. The van der Waals surface area contributed by atoms with E-state index >= 15 is 0 Å². The third-order valence-corrected chi connectivity index (χ3v) is 4.97. The molecule has 0 aliphatic carbocycles. The molecule has 1 atom stereocenters. The molecular weight excluding hydrogens is 329 g/mol. The first-order chi connectivity index (χ1) is 11.6. The summed E-state index contributed by atoms with van der Waals surface area (Å²) in [5.74, 6) is 0.750. The SMILES string of the molecule is CCn1ccnc1[C@@H]1CCCN(C(=O)Cc2c(F)cccc2Cl)C1. The predicted octanol–water partition coefficient (Wildman–Crippen LogP) is 3.64. The van der Waals surface area contributed by atoms with Crippen molar-refractivity contribution in [3.63, 3.8) is 0 Å². The zero-order valence-electron chi connectivity index (χ0n) is 13.7. The normalized spacial score (nSPS) is 18.0. The molecule has 1 amide bonds. The molecule has 1 saturated heterocycles. The third kappa shape index (κ3) is 3.46. The number of amides is 1. The Balaban J connectivity index is 1.71. The smallest absolute Gasteiger partial charge is 0.227 e. The van der Waals surface area contributed by atoms with Gasteiger partial charge in [0.15, 0.2) is 0 Å². The Morgan fingerprint density at radius 2 is 2.29 bits per heavy atom. The second-order valence-corrected chi connectivity index (χ2v) is 6.53. The molecule has 3 rings (SSSR count). The number of hydrogen-bond donors (Lipinski definition) is 0. The summed E-state index contributed by atoms with van der Waals surface area (Å²) < 4.78 is 16.0. The molecule has 0 N–H and O–H groups in total. The number of benzene rings is 1. The van der Waals surface area contributed by atoms with Gasteiger partial charge in [0.05, 0.1) is 6.42 Å². The maximum absolute atomic E-state index is 13.9. The lowest BCUT2D eigenvalue weighted by Gasteiger charge is -2.33. The van der Waals surface area contributed by atoms with Gasteiger partial charge in [-0.1, -0.05) is 17.7 Å². The Labute approximate surface area is 146 Å². The number of piperidine rings is 1. The average molecular weight is 350 g/mol. The van der Waals surface area contributed by atoms with Crippen LogP contribution in [0, 0.1) is 5.82 Å². The van der Waals surface area contributed by atoms with E-state index in [0.29, 0.717) is 18.1 Å². The standard InChI is InChI=1S/C18H21ClFN3O/c1-2-22-10-8-21-18(22)13-5-4-9-23(12-13)17(24)11-14-15(19)6-3-7-16(14)20/h3,6-8,10,13H,2,4-5,9,11-12H2,1H3/t13-/m1/s1. The fourth-order valence-corrected chi connectivity index (χ4v) is 3.56. The lowest BCUT2D eigenvalue weighted by Crippen LogP contribution is -2.40. The fraction of sp³-hybridized carbons (Fsp3) is 0.444. The van der Waals surface area contributed by atoms with Crippen molar-refractivity contribution >= 4 is 17.5 Å². The van der Waals surface area contributed by atoms with Crippen LogP contribution in [0.2, 0.25) is 5.02 Å². The number of carbonyl (C=O) groups excluding carboxylic acids is 1. The molecule has 1 aromatic heterocycles. The molecule has 1 aliphatic rings. The Morgan fingerprint density at radius 3 is 3.04 bits per heavy atom. The van der Waals surface area contributed by atoms with Crippen LogP contribution in [0.4, 0.5) is 4.39 Å². The average Bonchev–Trinajstić information content (AvgIpc) is 3.07. The highest BCUT2D eigenvalue weighted by Crippen LogP contribution is 2.27. The summed E-state index contributed by atoms with van der Waals surface area (Å²) in [5, 5.41) is 0.304. The molecule has 2 aromatic rings. The molecule has 0 spiro atoms. The van der Waals surface area contributed by atoms with Crippen LogP contribution in [0.15, 0.2) is 30.6 Å². The monoisotopic (exact) mass is 349 g/mol. The van der Waals surface area contributed by atoms with Crippen LogP contribution >= 0.6 is 11.6 Å². The molecule has 1 aliphatic heterocycles. The zero-order chi connectivity index (χ0) is 17.1. The van der Waals surface area contributed by atoms with Crippen molar-refractivity contribution in [2.24, 2.45) is 0 Å². The first kappa shape index (κ1) is 17.0. The van der Waals surface area contributed by atoms with Gasteiger partial charge in [-0.2, -0.15) is 0 Å². The second kappa shape index (κ2) is 7.34. The maximum atomic E-state index is 13.9. The Hall–Kier alpha value is -1.88. The van der Waals surface area contributed by atoms with Crippen molar-refractivity contribution in [3.8, 4) is 0 Å². The fourth-order valence-electron chi connectivity index (χ4n) is 3.33. The molecule has 0 unspecified atom stereocenters. The number of likely N-dealkylation sites (tertiary alicyclic amines) is 1. The van der Waals surface area contributed by atoms with Crippen molar-refractivity contribution in [2.45, 2.75) is 38.6 Å². The van der Waals surface area contributed by atoms with Gasteiger partial charge in [0.1, 0.15) is 11.6 Å². The van der Waals surface area contributed by atoms with E-state index in [2.05, 4.69) is 16.5 Å². The molecule has 1 aromatic carbocycles. The van der Waals surface area contributed by atoms with Gasteiger partial charge >= 0.3 is 0 Å². The first-order valence-electron chi connectivity index (χ1n) is 8.31. The summed E-state index contributed by atoms with van der Waals surface area (Å²) in [6.07, 6.45) is 5.72. The number of halogens is 2. The highest BCUT2D eigenvalue weighted by molar-refractivity contribution is 6.31. The van der Waals surface area contributed by atoms with Gasteiger partial charge in [-0.15, -0.1) is 0 Å².